The molecule has 0 fully saturated rings. The number of nitrogens with two attached hydrogens (primary N) is 1. The smallest absolute Gasteiger partial charge is 0.229 e. The summed E-state index contributed by atoms with van der Waals surface area (Å²) in [5.74, 6) is -0.0269. The summed E-state index contributed by atoms with van der Waals surface area (Å²) in [6.07, 6.45) is 0.345. The molecule has 3 N–H and O–H groups in total. The highest BCUT2D eigenvalue weighted by molar-refractivity contribution is 7.11. The Morgan fingerprint density at radius 2 is 2.21 bits per heavy atom. The van der Waals surface area contributed by atoms with E-state index in [0.29, 0.717) is 13.0 Å². The SMILES string of the molecule is Cc1cccc(NC(=O)Cc2sc(CN)nc2C)c1. The fourth-order valence-electron chi connectivity index (χ4n) is 1.81. The molecule has 0 unspecified atom stereocenters. The first-order chi connectivity index (χ1) is 9.08. The molecule has 4 nitrogen and oxygen atoms in total. The van der Waals surface area contributed by atoms with Crippen LogP contribution < -0.4 is 11.1 Å². The summed E-state index contributed by atoms with van der Waals surface area (Å²) in [4.78, 5) is 17.3. The molecule has 1 amide bonds. The summed E-state index contributed by atoms with van der Waals surface area (Å²) in [5.41, 5.74) is 8.39. The number of nitrogens with one attached hydrogen (secondary N) is 1. The van der Waals surface area contributed by atoms with Crippen molar-refractivity contribution >= 4 is 22.9 Å². The fourth-order valence-corrected chi connectivity index (χ4v) is 2.76. The van der Waals surface area contributed by atoms with E-state index in [1.54, 1.807) is 0 Å². The van der Waals surface area contributed by atoms with Crippen molar-refractivity contribution in [2.75, 3.05) is 5.32 Å². The number of anilines is 1. The number of benzene rings is 1. The van der Waals surface area contributed by atoms with Gasteiger partial charge in [-0.1, -0.05) is 12.1 Å². The van der Waals surface area contributed by atoms with Crippen LogP contribution in [0.15, 0.2) is 24.3 Å². The van der Waals surface area contributed by atoms with E-state index in [-0.39, 0.29) is 5.91 Å². The van der Waals surface area contributed by atoms with Crippen molar-refractivity contribution in [1.82, 2.24) is 4.98 Å². The highest BCUT2D eigenvalue weighted by Crippen LogP contribution is 2.19. The van der Waals surface area contributed by atoms with Gasteiger partial charge in [0, 0.05) is 17.1 Å². The molecule has 5 heteroatoms. The van der Waals surface area contributed by atoms with E-state index in [9.17, 15) is 4.79 Å². The van der Waals surface area contributed by atoms with Crippen molar-refractivity contribution in [3.63, 3.8) is 0 Å². The molecule has 1 aromatic carbocycles. The second kappa shape index (κ2) is 5.95. The van der Waals surface area contributed by atoms with E-state index >= 15 is 0 Å². The van der Waals surface area contributed by atoms with Crippen LogP contribution in [0.3, 0.4) is 0 Å². The Morgan fingerprint density at radius 1 is 1.42 bits per heavy atom. The number of nitrogens with zero attached hydrogens (tertiary/aromatic N) is 1. The summed E-state index contributed by atoms with van der Waals surface area (Å²) in [7, 11) is 0. The van der Waals surface area contributed by atoms with E-state index in [1.165, 1.54) is 11.3 Å². The van der Waals surface area contributed by atoms with E-state index in [0.717, 1.165) is 26.8 Å². The standard InChI is InChI=1S/C14H17N3OS/c1-9-4-3-5-11(6-9)17-13(18)7-12-10(2)16-14(8-15)19-12/h3-6H,7-8,15H2,1-2H3,(H,17,18). The zero-order valence-corrected chi connectivity index (χ0v) is 11.9. The first-order valence-electron chi connectivity index (χ1n) is 6.10. The van der Waals surface area contributed by atoms with Gasteiger partial charge in [-0.2, -0.15) is 0 Å². The van der Waals surface area contributed by atoms with Crippen LogP contribution in [0.5, 0.6) is 0 Å². The number of carbonyl (C=O) groups is 1. The first kappa shape index (κ1) is 13.7. The lowest BCUT2D eigenvalue weighted by molar-refractivity contribution is -0.115. The molecule has 2 rings (SSSR count). The van der Waals surface area contributed by atoms with Gasteiger partial charge >= 0.3 is 0 Å². The molecule has 0 aliphatic carbocycles. The lowest BCUT2D eigenvalue weighted by atomic mass is 10.2. The maximum Gasteiger partial charge on any atom is 0.229 e. The molecule has 19 heavy (non-hydrogen) atoms. The topological polar surface area (TPSA) is 68.0 Å². The first-order valence-corrected chi connectivity index (χ1v) is 6.92. The molecule has 2 aromatic rings. The van der Waals surface area contributed by atoms with Gasteiger partial charge in [0.25, 0.3) is 0 Å². The minimum absolute atomic E-state index is 0.0269. The molecule has 0 aliphatic heterocycles. The average Bonchev–Trinajstić information content (AvgIpc) is 2.70. The quantitative estimate of drug-likeness (QED) is 0.900. The van der Waals surface area contributed by atoms with Gasteiger partial charge in [-0.25, -0.2) is 4.98 Å². The maximum absolute atomic E-state index is 12.0. The molecule has 1 aromatic heterocycles. The van der Waals surface area contributed by atoms with Crippen molar-refractivity contribution in [2.45, 2.75) is 26.8 Å². The molecule has 0 aliphatic rings. The number of thiazole rings is 1. The number of rotatable bonds is 4. The minimum atomic E-state index is -0.0269. The van der Waals surface area contributed by atoms with E-state index in [4.69, 9.17) is 5.73 Å². The molecule has 0 spiro atoms. The highest BCUT2D eigenvalue weighted by Gasteiger charge is 2.11. The Balaban J connectivity index is 2.03. The summed E-state index contributed by atoms with van der Waals surface area (Å²) in [6, 6.07) is 7.75. The second-order valence-corrected chi connectivity index (χ2v) is 5.58. The number of aromatic nitrogens is 1. The Kier molecular flexibility index (Phi) is 4.29. The van der Waals surface area contributed by atoms with Gasteiger partial charge in [0.05, 0.1) is 12.1 Å². The monoisotopic (exact) mass is 275 g/mol. The van der Waals surface area contributed by atoms with Crippen molar-refractivity contribution in [1.29, 1.82) is 0 Å². The van der Waals surface area contributed by atoms with Gasteiger partial charge in [0.1, 0.15) is 5.01 Å². The van der Waals surface area contributed by atoms with Crippen LogP contribution in [0, 0.1) is 13.8 Å². The number of aryl methyl sites for hydroxylation is 2. The Bertz CT molecular complexity index is 592. The predicted molar refractivity (Wildman–Crippen MR) is 78.3 cm³/mol. The van der Waals surface area contributed by atoms with Crippen molar-refractivity contribution < 1.29 is 4.79 Å². The molecule has 0 atom stereocenters. The maximum atomic E-state index is 12.0. The van der Waals surface area contributed by atoms with Gasteiger partial charge < -0.3 is 11.1 Å². The summed E-state index contributed by atoms with van der Waals surface area (Å²) < 4.78 is 0. The van der Waals surface area contributed by atoms with Crippen LogP contribution in [-0.4, -0.2) is 10.9 Å². The summed E-state index contributed by atoms with van der Waals surface area (Å²) in [6.45, 7) is 4.33. The van der Waals surface area contributed by atoms with Crippen LogP contribution in [0.4, 0.5) is 5.69 Å². The third-order valence-corrected chi connectivity index (χ3v) is 3.91. The Hall–Kier alpha value is -1.72. The molecule has 0 saturated heterocycles. The minimum Gasteiger partial charge on any atom is -0.326 e. The van der Waals surface area contributed by atoms with Gasteiger partial charge in [0.15, 0.2) is 0 Å². The van der Waals surface area contributed by atoms with Crippen molar-refractivity contribution in [3.8, 4) is 0 Å². The number of amides is 1. The number of hydrogen-bond acceptors (Lipinski definition) is 4. The molecule has 100 valence electrons. The average molecular weight is 275 g/mol. The Morgan fingerprint density at radius 3 is 2.84 bits per heavy atom. The molecule has 0 radical (unpaired) electrons. The number of carbonyl (C=O) groups excluding carboxylic acids is 1. The molecule has 0 saturated carbocycles. The highest BCUT2D eigenvalue weighted by atomic mass is 32.1. The lowest BCUT2D eigenvalue weighted by Crippen LogP contribution is -2.14. The number of hydrogen-bond donors (Lipinski definition) is 2. The molecular weight excluding hydrogens is 258 g/mol. The van der Waals surface area contributed by atoms with Gasteiger partial charge in [-0.15, -0.1) is 11.3 Å². The second-order valence-electron chi connectivity index (χ2n) is 4.41. The van der Waals surface area contributed by atoms with Gasteiger partial charge in [0.2, 0.25) is 5.91 Å². The zero-order chi connectivity index (χ0) is 13.8. The van der Waals surface area contributed by atoms with E-state index < -0.39 is 0 Å². The van der Waals surface area contributed by atoms with Crippen LogP contribution in [-0.2, 0) is 17.8 Å². The third kappa shape index (κ3) is 3.62. The zero-order valence-electron chi connectivity index (χ0n) is 11.1. The van der Waals surface area contributed by atoms with E-state index in [2.05, 4.69) is 10.3 Å². The fraction of sp³-hybridized carbons (Fsp3) is 0.286. The normalized spacial score (nSPS) is 10.5. The third-order valence-electron chi connectivity index (χ3n) is 2.73. The molecule has 1 heterocycles. The van der Waals surface area contributed by atoms with E-state index in [1.807, 2.05) is 38.1 Å². The van der Waals surface area contributed by atoms with Crippen molar-refractivity contribution in [2.24, 2.45) is 5.73 Å². The van der Waals surface area contributed by atoms with Crippen LogP contribution in [0.1, 0.15) is 21.1 Å². The molecule has 0 bridgehead atoms. The van der Waals surface area contributed by atoms with Crippen LogP contribution >= 0.6 is 11.3 Å². The lowest BCUT2D eigenvalue weighted by Gasteiger charge is -2.05. The summed E-state index contributed by atoms with van der Waals surface area (Å²) in [5, 5.41) is 3.77. The van der Waals surface area contributed by atoms with Gasteiger partial charge in [-0.3, -0.25) is 4.79 Å². The largest absolute Gasteiger partial charge is 0.326 e. The van der Waals surface area contributed by atoms with Crippen LogP contribution in [0.25, 0.3) is 0 Å². The molecular formula is C14H17N3OS. The van der Waals surface area contributed by atoms with Crippen LogP contribution in [0.2, 0.25) is 0 Å². The Labute approximate surface area is 116 Å². The predicted octanol–water partition coefficient (Wildman–Crippen LogP) is 2.40. The van der Waals surface area contributed by atoms with Crippen molar-refractivity contribution in [3.05, 3.63) is 45.4 Å². The summed E-state index contributed by atoms with van der Waals surface area (Å²) >= 11 is 1.50. The van der Waals surface area contributed by atoms with Gasteiger partial charge in [-0.05, 0) is 31.5 Å².